The third-order valence-corrected chi connectivity index (χ3v) is 3.27. The molecule has 0 radical (unpaired) electrons. The minimum Gasteiger partial charge on any atom is -0.365 e. The molecule has 0 amide bonds. The summed E-state index contributed by atoms with van der Waals surface area (Å²) in [6, 6.07) is 2.02. The molecule has 5 heteroatoms. The Labute approximate surface area is 120 Å². The van der Waals surface area contributed by atoms with Crippen molar-refractivity contribution in [3.05, 3.63) is 30.2 Å². The summed E-state index contributed by atoms with van der Waals surface area (Å²) in [5.74, 6) is 1.32. The van der Waals surface area contributed by atoms with Crippen LogP contribution in [-0.2, 0) is 9.47 Å². The second kappa shape index (κ2) is 7.97. The van der Waals surface area contributed by atoms with E-state index in [0.29, 0.717) is 25.7 Å². The van der Waals surface area contributed by atoms with E-state index in [9.17, 15) is 0 Å². The minimum absolute atomic E-state index is 0.239. The Morgan fingerprint density at radius 2 is 1.90 bits per heavy atom. The summed E-state index contributed by atoms with van der Waals surface area (Å²) >= 11 is 0. The number of hydrogen-bond donors (Lipinski definition) is 1. The van der Waals surface area contributed by atoms with Gasteiger partial charge < -0.3 is 14.8 Å². The Hall–Kier alpha value is -1.46. The van der Waals surface area contributed by atoms with E-state index in [4.69, 9.17) is 9.47 Å². The number of hydrogen-bond acceptors (Lipinski definition) is 5. The predicted molar refractivity (Wildman–Crippen MR) is 78.7 cm³/mol. The number of aromatic nitrogens is 2. The van der Waals surface area contributed by atoms with E-state index in [-0.39, 0.29) is 6.29 Å². The fraction of sp³-hybridized carbons (Fsp3) is 0.600. The van der Waals surface area contributed by atoms with Crippen LogP contribution in [-0.4, -0.2) is 36.0 Å². The van der Waals surface area contributed by atoms with Crippen molar-refractivity contribution < 1.29 is 9.47 Å². The van der Waals surface area contributed by atoms with E-state index in [2.05, 4.69) is 27.4 Å². The van der Waals surface area contributed by atoms with E-state index < -0.39 is 0 Å². The first-order chi connectivity index (χ1) is 9.83. The molecule has 0 aliphatic heterocycles. The molecule has 0 aromatic carbocycles. The quantitative estimate of drug-likeness (QED) is 0.585. The zero-order valence-electron chi connectivity index (χ0n) is 12.2. The van der Waals surface area contributed by atoms with Gasteiger partial charge in [-0.15, -0.1) is 0 Å². The minimum atomic E-state index is -0.239. The van der Waals surface area contributed by atoms with Gasteiger partial charge in [-0.25, -0.2) is 9.97 Å². The van der Waals surface area contributed by atoms with E-state index in [1.807, 2.05) is 19.9 Å². The maximum absolute atomic E-state index is 5.50. The lowest BCUT2D eigenvalue weighted by molar-refractivity contribution is -0.126. The lowest BCUT2D eigenvalue weighted by Gasteiger charge is -2.18. The Morgan fingerprint density at radius 3 is 2.55 bits per heavy atom. The number of allylic oxidation sites excluding steroid dienone is 2. The summed E-state index contributed by atoms with van der Waals surface area (Å²) in [4.78, 5) is 8.62. The van der Waals surface area contributed by atoms with Gasteiger partial charge in [-0.3, -0.25) is 0 Å². The molecule has 0 saturated heterocycles. The molecule has 0 unspecified atom stereocenters. The highest BCUT2D eigenvalue weighted by atomic mass is 16.7. The molecule has 2 rings (SSSR count). The van der Waals surface area contributed by atoms with Crippen molar-refractivity contribution in [3.8, 4) is 0 Å². The third kappa shape index (κ3) is 4.28. The van der Waals surface area contributed by atoms with E-state index in [0.717, 1.165) is 24.4 Å². The van der Waals surface area contributed by atoms with Crippen molar-refractivity contribution >= 4 is 5.82 Å². The summed E-state index contributed by atoms with van der Waals surface area (Å²) in [7, 11) is 0. The molecule has 0 fully saturated rings. The molecule has 0 spiro atoms. The van der Waals surface area contributed by atoms with Crippen molar-refractivity contribution in [2.75, 3.05) is 25.1 Å². The van der Waals surface area contributed by atoms with Gasteiger partial charge in [0.2, 0.25) is 0 Å². The van der Waals surface area contributed by atoms with Gasteiger partial charge in [0.15, 0.2) is 6.29 Å². The zero-order valence-corrected chi connectivity index (χ0v) is 12.2. The molecule has 1 aromatic rings. The number of ether oxygens (including phenoxy) is 2. The highest BCUT2D eigenvalue weighted by molar-refractivity contribution is 5.36. The topological polar surface area (TPSA) is 56.3 Å². The van der Waals surface area contributed by atoms with Gasteiger partial charge >= 0.3 is 0 Å². The smallest absolute Gasteiger partial charge is 0.174 e. The van der Waals surface area contributed by atoms with E-state index in [1.54, 1.807) is 6.33 Å². The Kier molecular flexibility index (Phi) is 5.95. The maximum atomic E-state index is 5.50. The summed E-state index contributed by atoms with van der Waals surface area (Å²) in [5.41, 5.74) is 1.09. The standard InChI is InChI=1S/C15H23N3O2/c1-3-19-15(20-4-2)10-16-14-9-13(17-11-18-14)12-7-5-6-8-12/h5-6,9,11-12,15H,3-4,7-8,10H2,1-2H3,(H,16,17,18). The zero-order chi connectivity index (χ0) is 14.2. The third-order valence-electron chi connectivity index (χ3n) is 3.27. The van der Waals surface area contributed by atoms with Crippen LogP contribution in [0.1, 0.15) is 38.3 Å². The van der Waals surface area contributed by atoms with Gasteiger partial charge in [0.25, 0.3) is 0 Å². The summed E-state index contributed by atoms with van der Waals surface area (Å²) in [5, 5.41) is 3.26. The van der Waals surface area contributed by atoms with Crippen LogP contribution in [0.4, 0.5) is 5.82 Å². The first-order valence-electron chi connectivity index (χ1n) is 7.27. The van der Waals surface area contributed by atoms with Crippen LogP contribution in [0.15, 0.2) is 24.5 Å². The van der Waals surface area contributed by atoms with Crippen LogP contribution in [0, 0.1) is 0 Å². The predicted octanol–water partition coefficient (Wildman–Crippen LogP) is 2.72. The molecule has 1 N–H and O–H groups in total. The number of nitrogens with zero attached hydrogens (tertiary/aromatic N) is 2. The lowest BCUT2D eigenvalue weighted by Crippen LogP contribution is -2.26. The first-order valence-corrected chi connectivity index (χ1v) is 7.27. The van der Waals surface area contributed by atoms with Gasteiger partial charge in [-0.1, -0.05) is 12.2 Å². The fourth-order valence-electron chi connectivity index (χ4n) is 2.28. The molecule has 1 aromatic heterocycles. The van der Waals surface area contributed by atoms with Crippen molar-refractivity contribution in [1.82, 2.24) is 9.97 Å². The van der Waals surface area contributed by atoms with Crippen molar-refractivity contribution in [3.63, 3.8) is 0 Å². The average molecular weight is 277 g/mol. The van der Waals surface area contributed by atoms with Crippen molar-refractivity contribution in [2.24, 2.45) is 0 Å². The van der Waals surface area contributed by atoms with Crippen LogP contribution in [0.2, 0.25) is 0 Å². The largest absolute Gasteiger partial charge is 0.365 e. The number of rotatable bonds is 8. The maximum Gasteiger partial charge on any atom is 0.174 e. The van der Waals surface area contributed by atoms with E-state index >= 15 is 0 Å². The normalized spacial score (nSPS) is 15.2. The highest BCUT2D eigenvalue weighted by Crippen LogP contribution is 2.28. The molecule has 0 atom stereocenters. The Balaban J connectivity index is 1.90. The molecule has 1 aliphatic carbocycles. The van der Waals surface area contributed by atoms with Crippen LogP contribution in [0.5, 0.6) is 0 Å². The van der Waals surface area contributed by atoms with Crippen LogP contribution < -0.4 is 5.32 Å². The van der Waals surface area contributed by atoms with Gasteiger partial charge in [0.05, 0.1) is 6.54 Å². The second-order valence-corrected chi connectivity index (χ2v) is 4.69. The molecular weight excluding hydrogens is 254 g/mol. The summed E-state index contributed by atoms with van der Waals surface area (Å²) in [6.45, 7) is 5.77. The van der Waals surface area contributed by atoms with Gasteiger partial charge in [0, 0.05) is 30.9 Å². The van der Waals surface area contributed by atoms with Gasteiger partial charge in [-0.05, 0) is 26.7 Å². The Bertz CT molecular complexity index is 423. The average Bonchev–Trinajstić information content (AvgIpc) is 3.00. The van der Waals surface area contributed by atoms with Crippen molar-refractivity contribution in [1.29, 1.82) is 0 Å². The number of anilines is 1. The lowest BCUT2D eigenvalue weighted by atomic mass is 10.0. The van der Waals surface area contributed by atoms with E-state index in [1.165, 1.54) is 0 Å². The molecule has 20 heavy (non-hydrogen) atoms. The van der Waals surface area contributed by atoms with Crippen LogP contribution >= 0.6 is 0 Å². The highest BCUT2D eigenvalue weighted by Gasteiger charge is 2.15. The SMILES string of the molecule is CCOC(CNc1cc(C2CC=CC2)ncn1)OCC. The molecule has 0 saturated carbocycles. The molecular formula is C15H23N3O2. The van der Waals surface area contributed by atoms with Gasteiger partial charge in [0.1, 0.15) is 12.1 Å². The van der Waals surface area contributed by atoms with Crippen molar-refractivity contribution in [2.45, 2.75) is 38.9 Å². The first kappa shape index (κ1) is 14.9. The van der Waals surface area contributed by atoms with Gasteiger partial charge in [-0.2, -0.15) is 0 Å². The summed E-state index contributed by atoms with van der Waals surface area (Å²) < 4.78 is 11.0. The van der Waals surface area contributed by atoms with Crippen LogP contribution in [0.3, 0.4) is 0 Å². The monoisotopic (exact) mass is 277 g/mol. The van der Waals surface area contributed by atoms with Crippen LogP contribution in [0.25, 0.3) is 0 Å². The molecule has 110 valence electrons. The second-order valence-electron chi connectivity index (χ2n) is 4.69. The molecule has 1 heterocycles. The number of nitrogens with one attached hydrogen (secondary N) is 1. The molecule has 1 aliphatic rings. The molecule has 5 nitrogen and oxygen atoms in total. The fourth-order valence-corrected chi connectivity index (χ4v) is 2.28. The Morgan fingerprint density at radius 1 is 1.20 bits per heavy atom. The molecule has 0 bridgehead atoms. The summed E-state index contributed by atoms with van der Waals surface area (Å²) in [6.07, 6.45) is 7.93.